The van der Waals surface area contributed by atoms with E-state index in [0.717, 1.165) is 11.1 Å². The van der Waals surface area contributed by atoms with Crippen molar-refractivity contribution in [1.29, 1.82) is 0 Å². The maximum atomic E-state index is 12.7. The minimum absolute atomic E-state index is 0.0256. The highest BCUT2D eigenvalue weighted by Gasteiger charge is 2.19. The summed E-state index contributed by atoms with van der Waals surface area (Å²) in [7, 11) is 1.78. The van der Waals surface area contributed by atoms with E-state index in [0.29, 0.717) is 18.1 Å². The van der Waals surface area contributed by atoms with Gasteiger partial charge in [-0.15, -0.1) is 0 Å². The monoisotopic (exact) mass is 401 g/mol. The van der Waals surface area contributed by atoms with Crippen molar-refractivity contribution in [3.05, 3.63) is 70.7 Å². The molecule has 1 atom stereocenters. The molecule has 0 aliphatic carbocycles. The largest absolute Gasteiger partial charge is 0.344 e. The Morgan fingerprint density at radius 2 is 1.50 bits per heavy atom. The molecule has 2 aromatic rings. The van der Waals surface area contributed by atoms with Gasteiger partial charge in [0.1, 0.15) is 0 Å². The average molecular weight is 402 g/mol. The minimum atomic E-state index is -0.280. The van der Waals surface area contributed by atoms with Crippen LogP contribution in [0.15, 0.2) is 54.6 Å². The first kappa shape index (κ1) is 21.9. The molecule has 2 rings (SSSR count). The van der Waals surface area contributed by atoms with E-state index < -0.39 is 0 Å². The van der Waals surface area contributed by atoms with Crippen LogP contribution in [0.2, 0.25) is 5.02 Å². The lowest BCUT2D eigenvalue weighted by Crippen LogP contribution is -2.43. The van der Waals surface area contributed by atoms with E-state index in [2.05, 4.69) is 5.32 Å². The lowest BCUT2D eigenvalue weighted by Gasteiger charge is -2.24. The molecule has 5 nitrogen and oxygen atoms in total. The van der Waals surface area contributed by atoms with Crippen molar-refractivity contribution >= 4 is 23.4 Å². The van der Waals surface area contributed by atoms with Crippen LogP contribution < -0.4 is 5.32 Å². The molecule has 1 N–H and O–H groups in total. The van der Waals surface area contributed by atoms with Gasteiger partial charge in [-0.05, 0) is 44.2 Å². The molecule has 1 unspecified atom stereocenters. The smallest absolute Gasteiger partial charge is 0.236 e. The Kier molecular flexibility index (Phi) is 8.48. The third-order valence-corrected chi connectivity index (χ3v) is 4.83. The Morgan fingerprint density at radius 1 is 0.929 bits per heavy atom. The highest BCUT2D eigenvalue weighted by atomic mass is 35.5. The molecule has 0 radical (unpaired) electrons. The third-order valence-electron chi connectivity index (χ3n) is 4.58. The Hall–Kier alpha value is -2.37. The van der Waals surface area contributed by atoms with Gasteiger partial charge in [-0.2, -0.15) is 0 Å². The summed E-state index contributed by atoms with van der Waals surface area (Å²) in [5.41, 5.74) is 1.94. The molecule has 0 aliphatic heterocycles. The molecule has 0 bridgehead atoms. The van der Waals surface area contributed by atoms with Gasteiger partial charge >= 0.3 is 0 Å². The van der Waals surface area contributed by atoms with Crippen molar-refractivity contribution in [3.8, 4) is 0 Å². The molecular weight excluding hydrogens is 374 g/mol. The standard InChI is InChI=1S/C22H28ClN3O2/c1-4-26(5-2)21(28)16-25(3)15-20(27)24-22(17-9-7-6-8-10-17)18-11-13-19(23)14-12-18/h6-14,22H,4-5,15-16H2,1-3H3,(H,24,27). The SMILES string of the molecule is CCN(CC)C(=O)CN(C)CC(=O)NC(c1ccccc1)c1ccc(Cl)cc1. The first-order chi connectivity index (χ1) is 13.4. The number of nitrogens with one attached hydrogen (secondary N) is 1. The van der Waals surface area contributed by atoms with Gasteiger partial charge < -0.3 is 10.2 Å². The maximum Gasteiger partial charge on any atom is 0.236 e. The molecule has 28 heavy (non-hydrogen) atoms. The number of rotatable bonds is 9. The number of hydrogen-bond donors (Lipinski definition) is 1. The summed E-state index contributed by atoms with van der Waals surface area (Å²) < 4.78 is 0. The second-order valence-corrected chi connectivity index (χ2v) is 7.14. The fourth-order valence-electron chi connectivity index (χ4n) is 3.07. The lowest BCUT2D eigenvalue weighted by atomic mass is 9.98. The van der Waals surface area contributed by atoms with Crippen molar-refractivity contribution in [2.24, 2.45) is 0 Å². The summed E-state index contributed by atoms with van der Waals surface area (Å²) in [4.78, 5) is 28.4. The van der Waals surface area contributed by atoms with Crippen molar-refractivity contribution in [2.75, 3.05) is 33.2 Å². The molecule has 0 heterocycles. The summed E-state index contributed by atoms with van der Waals surface area (Å²) in [6.45, 7) is 5.59. The fraction of sp³-hybridized carbons (Fsp3) is 0.364. The lowest BCUT2D eigenvalue weighted by molar-refractivity contribution is -0.132. The Bertz CT molecular complexity index is 761. The predicted octanol–water partition coefficient (Wildman–Crippen LogP) is 3.35. The van der Waals surface area contributed by atoms with Crippen LogP contribution in [0, 0.1) is 0 Å². The number of nitrogens with zero attached hydrogens (tertiary/aromatic N) is 2. The van der Waals surface area contributed by atoms with Gasteiger partial charge in [0, 0.05) is 18.1 Å². The second kappa shape index (κ2) is 10.8. The number of halogens is 1. The van der Waals surface area contributed by atoms with Crippen LogP contribution in [-0.4, -0.2) is 54.8 Å². The van der Waals surface area contributed by atoms with E-state index >= 15 is 0 Å². The summed E-state index contributed by atoms with van der Waals surface area (Å²) in [6, 6.07) is 17.0. The van der Waals surface area contributed by atoms with Gasteiger partial charge in [0.15, 0.2) is 0 Å². The molecule has 0 saturated carbocycles. The Balaban J connectivity index is 2.06. The topological polar surface area (TPSA) is 52.7 Å². The molecule has 0 aliphatic rings. The highest BCUT2D eigenvalue weighted by molar-refractivity contribution is 6.30. The second-order valence-electron chi connectivity index (χ2n) is 6.70. The van der Waals surface area contributed by atoms with Gasteiger partial charge in [-0.1, -0.05) is 54.1 Å². The van der Waals surface area contributed by atoms with Gasteiger partial charge in [0.05, 0.1) is 19.1 Å². The summed E-state index contributed by atoms with van der Waals surface area (Å²) in [6.07, 6.45) is 0. The van der Waals surface area contributed by atoms with Gasteiger partial charge in [0.25, 0.3) is 0 Å². The van der Waals surface area contributed by atoms with Gasteiger partial charge in [-0.3, -0.25) is 14.5 Å². The van der Waals surface area contributed by atoms with Crippen LogP contribution in [0.3, 0.4) is 0 Å². The van der Waals surface area contributed by atoms with Crippen molar-refractivity contribution in [2.45, 2.75) is 19.9 Å². The van der Waals surface area contributed by atoms with Crippen LogP contribution >= 0.6 is 11.6 Å². The summed E-state index contributed by atoms with van der Waals surface area (Å²) in [5.74, 6) is -0.115. The molecule has 2 aromatic carbocycles. The van der Waals surface area contributed by atoms with E-state index in [1.54, 1.807) is 16.8 Å². The number of carbonyl (C=O) groups excluding carboxylic acids is 2. The van der Waals surface area contributed by atoms with Gasteiger partial charge in [-0.25, -0.2) is 0 Å². The predicted molar refractivity (Wildman–Crippen MR) is 113 cm³/mol. The van der Waals surface area contributed by atoms with E-state index in [9.17, 15) is 9.59 Å². The van der Waals surface area contributed by atoms with Crippen LogP contribution in [-0.2, 0) is 9.59 Å². The number of hydrogen-bond acceptors (Lipinski definition) is 3. The number of carbonyl (C=O) groups is 2. The Labute approximate surface area is 172 Å². The molecule has 0 saturated heterocycles. The number of benzene rings is 2. The zero-order chi connectivity index (χ0) is 20.5. The quantitative estimate of drug-likeness (QED) is 0.701. The normalized spacial score (nSPS) is 11.9. The molecular formula is C22H28ClN3O2. The van der Waals surface area contributed by atoms with Gasteiger partial charge in [0.2, 0.25) is 11.8 Å². The van der Waals surface area contributed by atoms with Crippen molar-refractivity contribution in [3.63, 3.8) is 0 Å². The summed E-state index contributed by atoms with van der Waals surface area (Å²) >= 11 is 6.00. The molecule has 6 heteroatoms. The Morgan fingerprint density at radius 3 is 2.07 bits per heavy atom. The van der Waals surface area contributed by atoms with E-state index in [-0.39, 0.29) is 30.9 Å². The maximum absolute atomic E-state index is 12.7. The highest BCUT2D eigenvalue weighted by Crippen LogP contribution is 2.23. The van der Waals surface area contributed by atoms with Crippen molar-refractivity contribution < 1.29 is 9.59 Å². The molecule has 150 valence electrons. The fourth-order valence-corrected chi connectivity index (χ4v) is 3.20. The number of likely N-dealkylation sites (N-methyl/N-ethyl adjacent to an activating group) is 2. The molecule has 0 aromatic heterocycles. The van der Waals surface area contributed by atoms with Crippen LogP contribution in [0.25, 0.3) is 0 Å². The van der Waals surface area contributed by atoms with Crippen molar-refractivity contribution in [1.82, 2.24) is 15.1 Å². The van der Waals surface area contributed by atoms with E-state index in [1.165, 1.54) is 0 Å². The first-order valence-electron chi connectivity index (χ1n) is 9.50. The zero-order valence-corrected chi connectivity index (χ0v) is 17.4. The minimum Gasteiger partial charge on any atom is -0.344 e. The zero-order valence-electron chi connectivity index (χ0n) is 16.7. The molecule has 2 amide bonds. The van der Waals surface area contributed by atoms with E-state index in [1.807, 2.05) is 68.4 Å². The number of amides is 2. The average Bonchev–Trinajstić information content (AvgIpc) is 2.68. The third kappa shape index (κ3) is 6.36. The molecule has 0 fully saturated rings. The first-order valence-corrected chi connectivity index (χ1v) is 9.88. The molecule has 0 spiro atoms. The van der Waals surface area contributed by atoms with E-state index in [4.69, 9.17) is 11.6 Å². The van der Waals surface area contributed by atoms with Crippen LogP contribution in [0.4, 0.5) is 0 Å². The van der Waals surface area contributed by atoms with Crippen LogP contribution in [0.5, 0.6) is 0 Å². The van der Waals surface area contributed by atoms with Crippen LogP contribution in [0.1, 0.15) is 31.0 Å². The summed E-state index contributed by atoms with van der Waals surface area (Å²) in [5, 5.41) is 3.73.